The lowest BCUT2D eigenvalue weighted by atomic mass is 10.0. The van der Waals surface area contributed by atoms with Crippen LogP contribution in [0.2, 0.25) is 0 Å². The van der Waals surface area contributed by atoms with Gasteiger partial charge in [-0.1, -0.05) is 12.1 Å². The van der Waals surface area contributed by atoms with Crippen LogP contribution in [0.25, 0.3) is 0 Å². The molecule has 2 N–H and O–H groups in total. The quantitative estimate of drug-likeness (QED) is 0.487. The van der Waals surface area contributed by atoms with E-state index >= 15 is 0 Å². The van der Waals surface area contributed by atoms with E-state index in [0.29, 0.717) is 0 Å². The molecule has 1 aromatic heterocycles. The van der Waals surface area contributed by atoms with Gasteiger partial charge in [-0.15, -0.1) is 0 Å². The highest BCUT2D eigenvalue weighted by Crippen LogP contribution is 2.33. The number of amides is 1. The van der Waals surface area contributed by atoms with Crippen molar-refractivity contribution in [1.29, 1.82) is 0 Å². The first-order valence-corrected chi connectivity index (χ1v) is 9.50. The van der Waals surface area contributed by atoms with E-state index in [1.807, 2.05) is 7.05 Å². The van der Waals surface area contributed by atoms with Crippen molar-refractivity contribution in [3.8, 4) is 0 Å². The summed E-state index contributed by atoms with van der Waals surface area (Å²) in [6, 6.07) is 5.45. The van der Waals surface area contributed by atoms with E-state index in [1.54, 1.807) is 11.9 Å². The molecule has 1 saturated heterocycles. The number of nitrogens with one attached hydrogen (secondary N) is 2. The molecule has 3 rings (SSSR count). The number of benzene rings is 1. The second-order valence-electron chi connectivity index (χ2n) is 7.15. The Kier molecular flexibility index (Phi) is 6.55. The SMILES string of the molecule is CN1CCC(N(C)c2ncnc(NNC(=O)c3ccccc3[N+](=O)[O-])c2[N+](=O)[O-])CC1. The number of piperidine rings is 1. The Hall–Kier alpha value is -3.87. The van der Waals surface area contributed by atoms with Gasteiger partial charge < -0.3 is 9.80 Å². The molecule has 0 spiro atoms. The van der Waals surface area contributed by atoms with E-state index in [1.165, 1.54) is 24.3 Å². The maximum absolute atomic E-state index is 12.4. The van der Waals surface area contributed by atoms with Gasteiger partial charge in [0.05, 0.1) is 9.85 Å². The summed E-state index contributed by atoms with van der Waals surface area (Å²) in [6.45, 7) is 1.73. The van der Waals surface area contributed by atoms with Crippen LogP contribution in [-0.2, 0) is 0 Å². The molecule has 1 amide bonds. The number of carbonyl (C=O) groups is 1. The van der Waals surface area contributed by atoms with Crippen LogP contribution in [-0.4, -0.2) is 63.8 Å². The average Bonchev–Trinajstić information content (AvgIpc) is 2.77. The Morgan fingerprint density at radius 2 is 1.84 bits per heavy atom. The van der Waals surface area contributed by atoms with E-state index in [9.17, 15) is 25.0 Å². The van der Waals surface area contributed by atoms with Gasteiger partial charge in [-0.2, -0.15) is 0 Å². The molecule has 1 aromatic carbocycles. The van der Waals surface area contributed by atoms with Gasteiger partial charge in [0.1, 0.15) is 11.9 Å². The normalized spacial score (nSPS) is 14.6. The van der Waals surface area contributed by atoms with Gasteiger partial charge in [0.15, 0.2) is 0 Å². The zero-order valence-electron chi connectivity index (χ0n) is 17.0. The molecule has 13 nitrogen and oxygen atoms in total. The summed E-state index contributed by atoms with van der Waals surface area (Å²) in [7, 11) is 3.76. The van der Waals surface area contributed by atoms with E-state index in [2.05, 4.69) is 25.7 Å². The lowest BCUT2D eigenvalue weighted by Crippen LogP contribution is -2.42. The fourth-order valence-electron chi connectivity index (χ4n) is 3.45. The number of aromatic nitrogens is 2. The van der Waals surface area contributed by atoms with Crippen molar-refractivity contribution in [2.75, 3.05) is 37.5 Å². The second-order valence-corrected chi connectivity index (χ2v) is 7.15. The van der Waals surface area contributed by atoms with Crippen molar-refractivity contribution in [1.82, 2.24) is 20.3 Å². The number of para-hydroxylation sites is 1. The molecule has 0 saturated carbocycles. The predicted molar refractivity (Wildman–Crippen MR) is 112 cm³/mol. The van der Waals surface area contributed by atoms with Gasteiger partial charge in [0.25, 0.3) is 11.6 Å². The second kappa shape index (κ2) is 9.30. The van der Waals surface area contributed by atoms with E-state index < -0.39 is 21.4 Å². The number of nitrogens with zero attached hydrogens (tertiary/aromatic N) is 6. The van der Waals surface area contributed by atoms with Crippen molar-refractivity contribution in [2.45, 2.75) is 18.9 Å². The number of carbonyl (C=O) groups excluding carboxylic acids is 1. The maximum Gasteiger partial charge on any atom is 0.355 e. The third-order valence-electron chi connectivity index (χ3n) is 5.20. The lowest BCUT2D eigenvalue weighted by Gasteiger charge is -2.35. The first-order chi connectivity index (χ1) is 14.8. The molecule has 2 heterocycles. The highest BCUT2D eigenvalue weighted by atomic mass is 16.6. The van der Waals surface area contributed by atoms with Crippen LogP contribution in [0.15, 0.2) is 30.6 Å². The number of hydrogen-bond acceptors (Lipinski definition) is 10. The van der Waals surface area contributed by atoms with Crippen molar-refractivity contribution in [3.05, 3.63) is 56.4 Å². The van der Waals surface area contributed by atoms with Gasteiger partial charge in [0, 0.05) is 19.2 Å². The molecule has 1 aliphatic heterocycles. The highest BCUT2D eigenvalue weighted by Gasteiger charge is 2.31. The Morgan fingerprint density at radius 3 is 2.48 bits per heavy atom. The fraction of sp³-hybridized carbons (Fsp3) is 0.389. The topological polar surface area (TPSA) is 160 Å². The predicted octanol–water partition coefficient (Wildman–Crippen LogP) is 1.58. The summed E-state index contributed by atoms with van der Waals surface area (Å²) in [5.74, 6) is -0.927. The van der Waals surface area contributed by atoms with Gasteiger partial charge in [-0.3, -0.25) is 35.9 Å². The summed E-state index contributed by atoms with van der Waals surface area (Å²) in [5, 5.41) is 22.9. The van der Waals surface area contributed by atoms with Crippen LogP contribution in [0.5, 0.6) is 0 Å². The molecule has 0 bridgehead atoms. The minimum absolute atomic E-state index is 0.0687. The molecule has 13 heteroatoms. The zero-order chi connectivity index (χ0) is 22.5. The van der Waals surface area contributed by atoms with Crippen molar-refractivity contribution in [3.63, 3.8) is 0 Å². The third-order valence-corrected chi connectivity index (χ3v) is 5.20. The number of anilines is 2. The van der Waals surface area contributed by atoms with E-state index in [4.69, 9.17) is 0 Å². The summed E-state index contributed by atoms with van der Waals surface area (Å²) >= 11 is 0. The molecule has 0 radical (unpaired) electrons. The standard InChI is InChI=1S/C18H22N8O5/c1-23-9-7-12(8-10-23)24(2)17-15(26(30)31)16(19-11-20-17)21-22-18(27)13-5-3-4-6-14(13)25(28)29/h3-6,11-12H,7-10H2,1-2H3,(H,22,27)(H,19,20,21). The van der Waals surface area contributed by atoms with E-state index in [0.717, 1.165) is 32.3 Å². The smallest absolute Gasteiger partial charge is 0.351 e. The van der Waals surface area contributed by atoms with Crippen molar-refractivity contribution >= 4 is 28.9 Å². The highest BCUT2D eigenvalue weighted by molar-refractivity contribution is 5.98. The summed E-state index contributed by atoms with van der Waals surface area (Å²) in [4.78, 5) is 45.9. The molecule has 0 aliphatic carbocycles. The molecule has 2 aromatic rings. The minimum atomic E-state index is -0.828. The Balaban J connectivity index is 1.82. The Labute approximate surface area is 177 Å². The number of hydrazine groups is 1. The van der Waals surface area contributed by atoms with Crippen LogP contribution in [0, 0.1) is 20.2 Å². The van der Waals surface area contributed by atoms with Gasteiger partial charge in [-0.25, -0.2) is 9.97 Å². The van der Waals surface area contributed by atoms with Gasteiger partial charge >= 0.3 is 5.69 Å². The summed E-state index contributed by atoms with van der Waals surface area (Å²) in [5.41, 5.74) is 3.68. The molecule has 1 fully saturated rings. The largest absolute Gasteiger partial charge is 0.355 e. The lowest BCUT2D eigenvalue weighted by molar-refractivity contribution is -0.385. The number of rotatable bonds is 7. The van der Waals surface area contributed by atoms with Crippen LogP contribution in [0.3, 0.4) is 0 Å². The van der Waals surface area contributed by atoms with E-state index in [-0.39, 0.29) is 28.9 Å². The van der Waals surface area contributed by atoms with Crippen LogP contribution in [0.4, 0.5) is 23.0 Å². The number of likely N-dealkylation sites (tertiary alicyclic amines) is 1. The van der Waals surface area contributed by atoms with Crippen LogP contribution < -0.4 is 15.8 Å². The molecular weight excluding hydrogens is 408 g/mol. The minimum Gasteiger partial charge on any atom is -0.351 e. The van der Waals surface area contributed by atoms with Crippen LogP contribution >= 0.6 is 0 Å². The van der Waals surface area contributed by atoms with Crippen molar-refractivity contribution in [2.24, 2.45) is 0 Å². The number of nitro benzene ring substituents is 1. The summed E-state index contributed by atoms with van der Waals surface area (Å²) in [6.07, 6.45) is 2.81. The van der Waals surface area contributed by atoms with Crippen LogP contribution in [0.1, 0.15) is 23.2 Å². The third kappa shape index (κ3) is 4.83. The first-order valence-electron chi connectivity index (χ1n) is 9.50. The molecule has 164 valence electrons. The fourth-order valence-corrected chi connectivity index (χ4v) is 3.45. The molecular formula is C18H22N8O5. The Bertz CT molecular complexity index is 993. The van der Waals surface area contributed by atoms with Gasteiger partial charge in [-0.05, 0) is 39.0 Å². The Morgan fingerprint density at radius 1 is 1.16 bits per heavy atom. The number of hydrogen-bond donors (Lipinski definition) is 2. The molecule has 31 heavy (non-hydrogen) atoms. The molecule has 0 atom stereocenters. The number of nitro groups is 2. The maximum atomic E-state index is 12.4. The average molecular weight is 430 g/mol. The van der Waals surface area contributed by atoms with Gasteiger partial charge in [0.2, 0.25) is 11.6 Å². The van der Waals surface area contributed by atoms with Crippen molar-refractivity contribution < 1.29 is 14.6 Å². The zero-order valence-corrected chi connectivity index (χ0v) is 17.0. The molecule has 0 unspecified atom stereocenters. The summed E-state index contributed by atoms with van der Waals surface area (Å²) < 4.78 is 0. The molecule has 1 aliphatic rings. The monoisotopic (exact) mass is 430 g/mol. The first kappa shape index (κ1) is 21.8.